The average molecular weight is 626 g/mol. The van der Waals surface area contributed by atoms with Crippen molar-refractivity contribution in [2.45, 2.75) is 35.7 Å². The number of primary sulfonamides is 1. The molecule has 17 heteroatoms. The van der Waals surface area contributed by atoms with E-state index in [1.807, 2.05) is 0 Å². The lowest BCUT2D eigenvalue weighted by Gasteiger charge is -2.14. The van der Waals surface area contributed by atoms with Crippen molar-refractivity contribution in [1.29, 1.82) is 0 Å². The van der Waals surface area contributed by atoms with E-state index in [1.165, 1.54) is 48.5 Å². The van der Waals surface area contributed by atoms with Crippen LogP contribution in [0, 0.1) is 5.82 Å². The fourth-order valence-corrected chi connectivity index (χ4v) is 5.82. The summed E-state index contributed by atoms with van der Waals surface area (Å²) >= 11 is 0. The first-order valence-corrected chi connectivity index (χ1v) is 15.4. The second-order valence-corrected chi connectivity index (χ2v) is 13.0. The average Bonchev–Trinajstić information content (AvgIpc) is 3.77. The maximum Gasteiger partial charge on any atom is 0.405 e. The van der Waals surface area contributed by atoms with E-state index in [0.29, 0.717) is 24.0 Å². The van der Waals surface area contributed by atoms with Crippen LogP contribution in [0.2, 0.25) is 0 Å². The minimum absolute atomic E-state index is 0.00996. The standard InChI is InChI=1S/C25H23F4N7O4S2/c26-18-8-3-15(11-21(18)36-42(39,40)17-6-7-17)19-9-10-20-22(33-19)23(32-13-25(27,28)29)35-24(34-20)31-12-14-1-4-16(5-2-14)41(30,37)38/h1-5,8-11,17,36H,6-7,12-13H2,(H2,30,37,38)(H2,31,32,34,35). The summed E-state index contributed by atoms with van der Waals surface area (Å²) in [5.41, 5.74) is 1.03. The highest BCUT2D eigenvalue weighted by Gasteiger charge is 2.36. The van der Waals surface area contributed by atoms with E-state index >= 15 is 0 Å². The van der Waals surface area contributed by atoms with E-state index < -0.39 is 43.8 Å². The van der Waals surface area contributed by atoms with Crippen molar-refractivity contribution in [2.24, 2.45) is 5.14 Å². The van der Waals surface area contributed by atoms with Gasteiger partial charge in [-0.2, -0.15) is 18.2 Å². The van der Waals surface area contributed by atoms with Gasteiger partial charge in [-0.05, 0) is 60.9 Å². The summed E-state index contributed by atoms with van der Waals surface area (Å²) in [4.78, 5) is 12.8. The van der Waals surface area contributed by atoms with E-state index in [0.717, 1.165) is 6.07 Å². The first-order chi connectivity index (χ1) is 19.7. The maximum atomic E-state index is 14.4. The Morgan fingerprint density at radius 2 is 1.62 bits per heavy atom. The van der Waals surface area contributed by atoms with Crippen LogP contribution in [0.1, 0.15) is 18.4 Å². The predicted molar refractivity (Wildman–Crippen MR) is 148 cm³/mol. The summed E-state index contributed by atoms with van der Waals surface area (Å²) in [5.74, 6) is -1.06. The van der Waals surface area contributed by atoms with Gasteiger partial charge in [0.2, 0.25) is 26.0 Å². The highest BCUT2D eigenvalue weighted by atomic mass is 32.2. The molecule has 11 nitrogen and oxygen atoms in total. The van der Waals surface area contributed by atoms with Crippen LogP contribution in [0.15, 0.2) is 59.5 Å². The number of hydrogen-bond acceptors (Lipinski definition) is 9. The van der Waals surface area contributed by atoms with Gasteiger partial charge in [-0.1, -0.05) is 12.1 Å². The lowest BCUT2D eigenvalue weighted by Crippen LogP contribution is -2.22. The van der Waals surface area contributed by atoms with Gasteiger partial charge in [-0.3, -0.25) is 4.72 Å². The number of halogens is 4. The highest BCUT2D eigenvalue weighted by molar-refractivity contribution is 7.93. The molecule has 2 aromatic carbocycles. The Balaban J connectivity index is 1.45. The number of aromatic nitrogens is 3. The molecule has 1 aliphatic rings. The molecule has 0 atom stereocenters. The molecule has 0 bridgehead atoms. The van der Waals surface area contributed by atoms with Gasteiger partial charge in [-0.15, -0.1) is 0 Å². The molecule has 222 valence electrons. The molecule has 1 fully saturated rings. The molecule has 1 saturated carbocycles. The first-order valence-electron chi connectivity index (χ1n) is 12.3. The zero-order valence-corrected chi connectivity index (χ0v) is 23.1. The lowest BCUT2D eigenvalue weighted by molar-refractivity contribution is -0.115. The second kappa shape index (κ2) is 11.0. The number of rotatable bonds is 10. The van der Waals surface area contributed by atoms with E-state index in [9.17, 15) is 34.4 Å². The molecule has 1 aliphatic carbocycles. The molecule has 0 amide bonds. The Morgan fingerprint density at radius 1 is 0.905 bits per heavy atom. The van der Waals surface area contributed by atoms with Gasteiger partial charge in [-0.25, -0.2) is 36.3 Å². The molecule has 0 saturated heterocycles. The third-order valence-corrected chi connectivity index (χ3v) is 8.96. The van der Waals surface area contributed by atoms with Crippen LogP contribution in [-0.2, 0) is 26.6 Å². The largest absolute Gasteiger partial charge is 0.405 e. The monoisotopic (exact) mass is 625 g/mol. The summed E-state index contributed by atoms with van der Waals surface area (Å²) in [6.45, 7) is -1.31. The first kappa shape index (κ1) is 29.4. The number of fused-ring (bicyclic) bond motifs is 1. The fraction of sp³-hybridized carbons (Fsp3) is 0.240. The van der Waals surface area contributed by atoms with E-state index in [2.05, 4.69) is 30.3 Å². The summed E-state index contributed by atoms with van der Waals surface area (Å²) in [6, 6.07) is 12.3. The van der Waals surface area contributed by atoms with Crippen molar-refractivity contribution in [2.75, 3.05) is 21.9 Å². The number of nitrogens with one attached hydrogen (secondary N) is 3. The number of hydrogen-bond donors (Lipinski definition) is 4. The predicted octanol–water partition coefficient (Wildman–Crippen LogP) is 3.97. The second-order valence-electron chi connectivity index (χ2n) is 9.51. The smallest absolute Gasteiger partial charge is 0.359 e. The van der Waals surface area contributed by atoms with Crippen LogP contribution >= 0.6 is 0 Å². The van der Waals surface area contributed by atoms with E-state index in [-0.39, 0.29) is 45.6 Å². The number of pyridine rings is 1. The van der Waals surface area contributed by atoms with Crippen molar-refractivity contribution in [1.82, 2.24) is 15.0 Å². The van der Waals surface area contributed by atoms with Gasteiger partial charge in [0, 0.05) is 12.1 Å². The summed E-state index contributed by atoms with van der Waals surface area (Å²) in [7, 11) is -7.62. The fourth-order valence-electron chi connectivity index (χ4n) is 3.92. The van der Waals surface area contributed by atoms with Gasteiger partial charge in [0.15, 0.2) is 5.82 Å². The molecule has 0 unspecified atom stereocenters. The Bertz CT molecular complexity index is 1870. The van der Waals surface area contributed by atoms with Crippen LogP contribution in [0.5, 0.6) is 0 Å². The Labute approximate surface area is 237 Å². The number of benzene rings is 2. The van der Waals surface area contributed by atoms with Crippen molar-refractivity contribution < 1.29 is 34.4 Å². The van der Waals surface area contributed by atoms with Gasteiger partial charge in [0.1, 0.15) is 17.9 Å². The molecule has 2 aromatic heterocycles. The summed E-state index contributed by atoms with van der Waals surface area (Å²) in [5, 5.41) is 9.63. The van der Waals surface area contributed by atoms with Crippen molar-refractivity contribution >= 4 is 48.5 Å². The van der Waals surface area contributed by atoms with Gasteiger partial charge in [0.25, 0.3) is 0 Å². The maximum absolute atomic E-state index is 14.4. The zero-order chi connectivity index (χ0) is 30.3. The normalized spacial score (nSPS) is 14.1. The SMILES string of the molecule is NS(=O)(=O)c1ccc(CNc2nc(NCC(F)(F)F)c3nc(-c4ccc(F)c(NS(=O)(=O)C5CC5)c4)ccc3n2)cc1. The van der Waals surface area contributed by atoms with Crippen LogP contribution in [0.25, 0.3) is 22.3 Å². The molecule has 5 rings (SSSR count). The molecule has 5 N–H and O–H groups in total. The van der Waals surface area contributed by atoms with Gasteiger partial charge < -0.3 is 10.6 Å². The van der Waals surface area contributed by atoms with E-state index in [1.54, 1.807) is 0 Å². The number of nitrogens with two attached hydrogens (primary N) is 1. The molecule has 2 heterocycles. The summed E-state index contributed by atoms with van der Waals surface area (Å²) in [6.07, 6.45) is -3.60. The zero-order valence-electron chi connectivity index (χ0n) is 21.5. The van der Waals surface area contributed by atoms with E-state index in [4.69, 9.17) is 5.14 Å². The minimum Gasteiger partial charge on any atom is -0.359 e. The number of sulfonamides is 2. The number of anilines is 3. The van der Waals surface area contributed by atoms with Gasteiger partial charge >= 0.3 is 6.18 Å². The molecular formula is C25H23F4N7O4S2. The quantitative estimate of drug-likeness (QED) is 0.191. The third-order valence-electron chi connectivity index (χ3n) is 6.18. The molecular weight excluding hydrogens is 602 g/mol. The molecule has 0 spiro atoms. The number of alkyl halides is 3. The molecule has 0 aliphatic heterocycles. The van der Waals surface area contributed by atoms with Crippen molar-refractivity contribution in [3.05, 3.63) is 66.0 Å². The molecule has 4 aromatic rings. The highest BCUT2D eigenvalue weighted by Crippen LogP contribution is 2.32. The minimum atomic E-state index is -4.57. The third kappa shape index (κ3) is 7.03. The molecule has 0 radical (unpaired) electrons. The van der Waals surface area contributed by atoms with Crippen LogP contribution < -0.4 is 20.5 Å². The lowest BCUT2D eigenvalue weighted by atomic mass is 10.1. The van der Waals surface area contributed by atoms with Crippen LogP contribution in [0.4, 0.5) is 35.0 Å². The Kier molecular flexibility index (Phi) is 7.67. The molecule has 42 heavy (non-hydrogen) atoms. The van der Waals surface area contributed by atoms with Crippen LogP contribution in [0.3, 0.4) is 0 Å². The Hall–Kier alpha value is -4.09. The van der Waals surface area contributed by atoms with Crippen molar-refractivity contribution in [3.63, 3.8) is 0 Å². The van der Waals surface area contributed by atoms with Gasteiger partial charge in [0.05, 0.1) is 27.0 Å². The van der Waals surface area contributed by atoms with Crippen molar-refractivity contribution in [3.8, 4) is 11.3 Å². The summed E-state index contributed by atoms with van der Waals surface area (Å²) < 4.78 is 103. The number of nitrogens with zero attached hydrogens (tertiary/aromatic N) is 3. The Morgan fingerprint density at radius 3 is 2.26 bits per heavy atom. The van der Waals surface area contributed by atoms with Crippen LogP contribution in [-0.4, -0.2) is 49.8 Å². The topological polar surface area (TPSA) is 169 Å².